The molecule has 2 N–H and O–H groups in total. The Hall–Kier alpha value is -3.64. The summed E-state index contributed by atoms with van der Waals surface area (Å²) in [6.07, 6.45) is 2.91. The third kappa shape index (κ3) is 9.11. The van der Waals surface area contributed by atoms with Crippen LogP contribution in [0.2, 0.25) is 6.04 Å². The van der Waals surface area contributed by atoms with E-state index in [4.69, 9.17) is 32.2 Å². The zero-order valence-corrected chi connectivity index (χ0v) is 34.9. The van der Waals surface area contributed by atoms with Crippen LogP contribution in [0.1, 0.15) is 73.1 Å². The monoisotopic (exact) mass is 886 g/mol. The number of halogens is 8. The van der Waals surface area contributed by atoms with Gasteiger partial charge in [-0.3, -0.25) is 9.59 Å². The van der Waals surface area contributed by atoms with Gasteiger partial charge >= 0.3 is 8.80 Å². The molecule has 2 aromatic carbocycles. The normalized spacial score (nSPS) is 21.2. The van der Waals surface area contributed by atoms with Gasteiger partial charge in [-0.1, -0.05) is 20.3 Å². The highest BCUT2D eigenvalue weighted by molar-refractivity contribution is 6.60. The second-order valence-electron chi connectivity index (χ2n) is 14.2. The number of hydrogen-bond donors (Lipinski definition) is 2. The van der Waals surface area contributed by atoms with E-state index in [-0.39, 0.29) is 64.7 Å². The summed E-state index contributed by atoms with van der Waals surface area (Å²) in [5.41, 5.74) is -7.48. The Bertz CT molecular complexity index is 1800. The molecule has 3 aliphatic rings. The molecule has 2 aromatic rings. The van der Waals surface area contributed by atoms with Gasteiger partial charge < -0.3 is 52.7 Å². The summed E-state index contributed by atoms with van der Waals surface area (Å²) in [5, 5.41) is 4.29. The second kappa shape index (κ2) is 20.5. The van der Waals surface area contributed by atoms with Gasteiger partial charge in [0.1, 0.15) is 22.5 Å². The van der Waals surface area contributed by atoms with E-state index in [0.29, 0.717) is 19.6 Å². The summed E-state index contributed by atoms with van der Waals surface area (Å²) in [6.45, 7) is 3.92. The first-order chi connectivity index (χ1) is 28.7. The largest absolute Gasteiger partial charge is 0.501 e. The maximum Gasteiger partial charge on any atom is 0.501 e. The fourth-order valence-electron chi connectivity index (χ4n) is 7.90. The van der Waals surface area contributed by atoms with Crippen molar-refractivity contribution in [2.45, 2.75) is 82.5 Å². The lowest BCUT2D eigenvalue weighted by molar-refractivity contribution is -0.169. The molecular formula is C38H50F8N4O9Si. The van der Waals surface area contributed by atoms with Gasteiger partial charge in [-0.05, 0) is 32.1 Å². The van der Waals surface area contributed by atoms with E-state index in [0.717, 1.165) is 29.1 Å². The molecule has 3 saturated heterocycles. The number of anilines is 2. The summed E-state index contributed by atoms with van der Waals surface area (Å²) in [4.78, 5) is 27.3. The van der Waals surface area contributed by atoms with Crippen LogP contribution in [0.4, 0.5) is 46.5 Å². The molecule has 3 fully saturated rings. The highest BCUT2D eigenvalue weighted by Crippen LogP contribution is 2.67. The zero-order chi connectivity index (χ0) is 43.9. The molecule has 336 valence electrons. The van der Waals surface area contributed by atoms with Crippen LogP contribution in [0.5, 0.6) is 0 Å². The lowest BCUT2D eigenvalue weighted by Gasteiger charge is -2.24. The summed E-state index contributed by atoms with van der Waals surface area (Å²) >= 11 is 0. The Morgan fingerprint density at radius 1 is 0.683 bits per heavy atom. The van der Waals surface area contributed by atoms with Crippen LogP contribution in [0, 0.1) is 46.5 Å². The first-order valence-electron chi connectivity index (χ1n) is 19.6. The molecule has 3 aliphatic heterocycles. The van der Waals surface area contributed by atoms with E-state index in [1.165, 1.54) is 28.3 Å². The van der Waals surface area contributed by atoms with E-state index in [1.807, 2.05) is 0 Å². The van der Waals surface area contributed by atoms with Crippen LogP contribution < -0.4 is 20.4 Å². The number of carbonyl (C=O) groups excluding carboxylic acids is 2. The summed E-state index contributed by atoms with van der Waals surface area (Å²) < 4.78 is 163. The third-order valence-corrected chi connectivity index (χ3v) is 13.6. The molecule has 4 atom stereocenters. The average molecular weight is 887 g/mol. The Morgan fingerprint density at radius 3 is 1.63 bits per heavy atom. The van der Waals surface area contributed by atoms with Gasteiger partial charge in [0.05, 0.1) is 45.1 Å². The smallest absolute Gasteiger partial charge is 0.377 e. The Kier molecular flexibility index (Phi) is 16.2. The molecule has 0 radical (unpaired) electrons. The Balaban J connectivity index is 1.27. The van der Waals surface area contributed by atoms with Crippen molar-refractivity contribution in [1.29, 1.82) is 0 Å². The van der Waals surface area contributed by atoms with Gasteiger partial charge in [0.25, 0.3) is 11.8 Å². The highest BCUT2D eigenvalue weighted by atomic mass is 28.4. The number of carbonyl (C=O) groups is 2. The number of benzene rings is 2. The minimum Gasteiger partial charge on any atom is -0.377 e. The number of nitrogens with one attached hydrogen (secondary N) is 2. The van der Waals surface area contributed by atoms with Crippen molar-refractivity contribution in [3.05, 3.63) is 57.7 Å². The van der Waals surface area contributed by atoms with Crippen LogP contribution >= 0.6 is 0 Å². The fraction of sp³-hybridized carbons (Fsp3) is 0.632. The highest BCUT2D eigenvalue weighted by Gasteiger charge is 2.84. The Labute approximate surface area is 343 Å². The molecule has 13 nitrogen and oxygen atoms in total. The molecule has 0 saturated carbocycles. The molecule has 3 heterocycles. The summed E-state index contributed by atoms with van der Waals surface area (Å²) in [6, 6.07) is -2.21. The second-order valence-corrected chi connectivity index (χ2v) is 17.3. The van der Waals surface area contributed by atoms with Crippen molar-refractivity contribution >= 4 is 32.0 Å². The van der Waals surface area contributed by atoms with E-state index in [2.05, 4.69) is 10.6 Å². The number of amides is 2. The summed E-state index contributed by atoms with van der Waals surface area (Å²) in [5.74, 6) is -19.1. The van der Waals surface area contributed by atoms with Gasteiger partial charge in [-0.25, -0.2) is 35.1 Å². The minimum atomic E-state index is -3.26. The van der Waals surface area contributed by atoms with Gasteiger partial charge in [0.15, 0.2) is 58.5 Å². The molecule has 2 amide bonds. The zero-order valence-electron chi connectivity index (χ0n) is 33.9. The van der Waals surface area contributed by atoms with Crippen molar-refractivity contribution in [2.75, 3.05) is 83.9 Å². The Morgan fingerprint density at radius 2 is 1.17 bits per heavy atom. The van der Waals surface area contributed by atoms with Crippen LogP contribution in [-0.2, 0) is 32.2 Å². The van der Waals surface area contributed by atoms with Crippen LogP contribution in [-0.4, -0.2) is 119 Å². The molecule has 60 heavy (non-hydrogen) atoms. The van der Waals surface area contributed by atoms with Crippen LogP contribution in [0.25, 0.3) is 0 Å². The fourth-order valence-corrected chi connectivity index (χ4v) is 9.44. The predicted octanol–water partition coefficient (Wildman–Crippen LogP) is 5.70. The van der Waals surface area contributed by atoms with E-state index in [1.54, 1.807) is 6.92 Å². The van der Waals surface area contributed by atoms with Gasteiger partial charge in [0, 0.05) is 47.1 Å². The quantitative estimate of drug-likeness (QED) is 0.0470. The molecule has 0 bridgehead atoms. The minimum absolute atomic E-state index is 0.0147. The van der Waals surface area contributed by atoms with E-state index < -0.39 is 107 Å². The molecular weight excluding hydrogens is 837 g/mol. The van der Waals surface area contributed by atoms with E-state index >= 15 is 35.1 Å². The van der Waals surface area contributed by atoms with Crippen molar-refractivity contribution < 1.29 is 76.9 Å². The first-order valence-corrected chi connectivity index (χ1v) is 21.6. The lowest BCUT2D eigenvalue weighted by atomic mass is 10.1. The van der Waals surface area contributed by atoms with Gasteiger partial charge in [-0.15, -0.1) is 0 Å². The molecule has 0 aromatic heterocycles. The van der Waals surface area contributed by atoms with Crippen LogP contribution in [0.3, 0.4) is 0 Å². The molecule has 4 unspecified atom stereocenters. The van der Waals surface area contributed by atoms with Crippen molar-refractivity contribution in [3.63, 3.8) is 0 Å². The lowest BCUT2D eigenvalue weighted by Crippen LogP contribution is -2.45. The maximum absolute atomic E-state index is 15.9. The molecule has 0 aliphatic carbocycles. The predicted molar refractivity (Wildman–Crippen MR) is 200 cm³/mol. The summed E-state index contributed by atoms with van der Waals surface area (Å²) in [7, 11) is 0.603. The van der Waals surface area contributed by atoms with E-state index in [9.17, 15) is 9.59 Å². The van der Waals surface area contributed by atoms with Crippen molar-refractivity contribution in [1.82, 2.24) is 10.6 Å². The van der Waals surface area contributed by atoms with Crippen molar-refractivity contribution in [2.24, 2.45) is 0 Å². The number of ether oxygens (including phenoxy) is 4. The van der Waals surface area contributed by atoms with Gasteiger partial charge in [-0.2, -0.15) is 0 Å². The molecule has 22 heteroatoms. The average Bonchev–Trinajstić information content (AvgIpc) is 4.10. The van der Waals surface area contributed by atoms with Crippen LogP contribution in [0.15, 0.2) is 0 Å². The maximum atomic E-state index is 15.9. The first kappa shape index (κ1) is 47.4. The SMILES string of the molecule is CCCC1N(c2c(F)c(F)c(C(=O)NCC[Si](OC)(OC)OC)c(F)c2F)C12C(CC)N2c1c(F)c(F)c(C(=O)NCCOCCOCCOC2CCCCO2)c(F)c1F. The molecule has 5 rings (SSSR count). The topological polar surface area (TPSA) is 129 Å². The molecule has 1 spiro atoms. The number of hydrogen-bond acceptors (Lipinski definition) is 11. The third-order valence-electron chi connectivity index (χ3n) is 10.8. The number of nitrogens with zero attached hydrogens (tertiary/aromatic N) is 2. The van der Waals surface area contributed by atoms with Crippen molar-refractivity contribution in [3.8, 4) is 0 Å². The number of rotatable bonds is 23. The van der Waals surface area contributed by atoms with Gasteiger partial charge in [0.2, 0.25) is 0 Å². The standard InChI is InChI=1S/C38H50F8N4O9Si/c1-6-10-22-38(50(22)35-32(45)28(41)25(29(42)33(35)46)37(52)48-13-20-60(53-3,54-4)55-5)21(7-2)49(38)34-30(43)26(39)24(27(40)31(34)44)36(51)47-12-15-56-16-17-57-18-19-59-23-11-8-9-14-58-23/h21-23H,6-20H2,1-5H3,(H,47,51)(H,48,52).